The number of rotatable bonds is 6. The first-order valence-corrected chi connectivity index (χ1v) is 12.6. The van der Waals surface area contributed by atoms with Crippen molar-refractivity contribution in [2.75, 3.05) is 42.9 Å². The van der Waals surface area contributed by atoms with E-state index in [1.807, 2.05) is 42.2 Å². The molecule has 3 aromatic rings. The van der Waals surface area contributed by atoms with Crippen LogP contribution in [0, 0.1) is 13.8 Å². The van der Waals surface area contributed by atoms with E-state index in [9.17, 15) is 13.2 Å². The molecule has 7 nitrogen and oxygen atoms in total. The highest BCUT2D eigenvalue weighted by atomic mass is 32.2. The smallest absolute Gasteiger partial charge is 0.262 e. The number of sulfonamides is 1. The van der Waals surface area contributed by atoms with Crippen molar-refractivity contribution < 1.29 is 17.9 Å². The van der Waals surface area contributed by atoms with Crippen LogP contribution in [0.2, 0.25) is 0 Å². The highest BCUT2D eigenvalue weighted by Crippen LogP contribution is 2.28. The number of ether oxygens (including phenoxy) is 1. The van der Waals surface area contributed by atoms with Crippen LogP contribution in [0.15, 0.2) is 71.6 Å². The minimum atomic E-state index is -3.72. The monoisotopic (exact) mass is 479 g/mol. The third-order valence-electron chi connectivity index (χ3n) is 6.01. The van der Waals surface area contributed by atoms with E-state index >= 15 is 0 Å². The summed E-state index contributed by atoms with van der Waals surface area (Å²) in [6.07, 6.45) is 0. The van der Waals surface area contributed by atoms with Crippen LogP contribution in [0.1, 0.15) is 21.5 Å². The lowest BCUT2D eigenvalue weighted by Gasteiger charge is -2.36. The number of nitrogens with one attached hydrogen (secondary N) is 1. The fourth-order valence-electron chi connectivity index (χ4n) is 4.11. The van der Waals surface area contributed by atoms with Gasteiger partial charge in [-0.1, -0.05) is 24.3 Å². The summed E-state index contributed by atoms with van der Waals surface area (Å²) in [4.78, 5) is 17.3. The summed E-state index contributed by atoms with van der Waals surface area (Å²) < 4.78 is 33.7. The molecule has 0 saturated carbocycles. The van der Waals surface area contributed by atoms with Crippen LogP contribution in [0.3, 0.4) is 0 Å². The number of piperazine rings is 1. The molecule has 1 saturated heterocycles. The van der Waals surface area contributed by atoms with E-state index in [0.717, 1.165) is 17.0 Å². The van der Waals surface area contributed by atoms with E-state index in [2.05, 4.69) is 9.62 Å². The van der Waals surface area contributed by atoms with Crippen molar-refractivity contribution in [3.8, 4) is 5.75 Å². The maximum Gasteiger partial charge on any atom is 0.262 e. The van der Waals surface area contributed by atoms with Gasteiger partial charge in [-0.15, -0.1) is 0 Å². The first-order valence-electron chi connectivity index (χ1n) is 11.2. The molecule has 1 fully saturated rings. The van der Waals surface area contributed by atoms with Crippen LogP contribution in [0.4, 0.5) is 11.4 Å². The summed E-state index contributed by atoms with van der Waals surface area (Å²) >= 11 is 0. The SMILES string of the molecule is COc1ccccc1N1CCN(C(=O)c2ccc(NS(=O)(=O)c3cc(C)ccc3C)cc2)CC1. The van der Waals surface area contributed by atoms with Crippen molar-refractivity contribution >= 4 is 27.3 Å². The number of aryl methyl sites for hydroxylation is 2. The molecule has 4 rings (SSSR count). The van der Waals surface area contributed by atoms with Gasteiger partial charge in [0.25, 0.3) is 15.9 Å². The second kappa shape index (κ2) is 9.77. The van der Waals surface area contributed by atoms with E-state index in [0.29, 0.717) is 43.0 Å². The molecule has 3 aromatic carbocycles. The van der Waals surface area contributed by atoms with Crippen LogP contribution in [-0.2, 0) is 10.0 Å². The average molecular weight is 480 g/mol. The van der Waals surface area contributed by atoms with Gasteiger partial charge in [0.15, 0.2) is 0 Å². The molecular weight excluding hydrogens is 450 g/mol. The van der Waals surface area contributed by atoms with Crippen LogP contribution in [0.5, 0.6) is 5.75 Å². The number of carbonyl (C=O) groups excluding carboxylic acids is 1. The predicted octanol–water partition coefficient (Wildman–Crippen LogP) is 4.08. The number of hydrogen-bond acceptors (Lipinski definition) is 5. The Morgan fingerprint density at radius 1 is 0.912 bits per heavy atom. The number of carbonyl (C=O) groups is 1. The molecule has 34 heavy (non-hydrogen) atoms. The van der Waals surface area contributed by atoms with Crippen LogP contribution < -0.4 is 14.4 Å². The predicted molar refractivity (Wildman–Crippen MR) is 134 cm³/mol. The van der Waals surface area contributed by atoms with Crippen molar-refractivity contribution in [2.45, 2.75) is 18.7 Å². The van der Waals surface area contributed by atoms with Crippen molar-refractivity contribution in [2.24, 2.45) is 0 Å². The number of hydrogen-bond donors (Lipinski definition) is 1. The first-order chi connectivity index (χ1) is 16.3. The third-order valence-corrected chi connectivity index (χ3v) is 7.53. The normalized spacial score (nSPS) is 14.1. The lowest BCUT2D eigenvalue weighted by Crippen LogP contribution is -2.48. The van der Waals surface area contributed by atoms with Crippen LogP contribution in [0.25, 0.3) is 0 Å². The van der Waals surface area contributed by atoms with Gasteiger partial charge in [0.05, 0.1) is 17.7 Å². The number of para-hydroxylation sites is 2. The first kappa shape index (κ1) is 23.6. The maximum atomic E-state index is 13.0. The molecular formula is C26H29N3O4S. The number of nitrogens with zero attached hydrogens (tertiary/aromatic N) is 2. The molecule has 1 amide bonds. The largest absolute Gasteiger partial charge is 0.495 e. The highest BCUT2D eigenvalue weighted by Gasteiger charge is 2.24. The molecule has 1 aliphatic rings. The summed E-state index contributed by atoms with van der Waals surface area (Å²) in [6, 6.07) is 19.8. The molecule has 0 aromatic heterocycles. The zero-order valence-electron chi connectivity index (χ0n) is 19.6. The Morgan fingerprint density at radius 3 is 2.26 bits per heavy atom. The molecule has 1 heterocycles. The van der Waals surface area contributed by atoms with Crippen LogP contribution >= 0.6 is 0 Å². The molecule has 0 spiro atoms. The van der Waals surface area contributed by atoms with Gasteiger partial charge >= 0.3 is 0 Å². The summed E-state index contributed by atoms with van der Waals surface area (Å²) in [7, 11) is -2.06. The molecule has 178 valence electrons. The van der Waals surface area contributed by atoms with Gasteiger partial charge in [-0.2, -0.15) is 0 Å². The van der Waals surface area contributed by atoms with Gasteiger partial charge in [-0.05, 0) is 67.4 Å². The fourth-order valence-corrected chi connectivity index (χ4v) is 5.50. The second-order valence-electron chi connectivity index (χ2n) is 8.40. The second-order valence-corrected chi connectivity index (χ2v) is 10.1. The molecule has 8 heteroatoms. The number of anilines is 2. The summed E-state index contributed by atoms with van der Waals surface area (Å²) in [5.41, 5.74) is 3.52. The van der Waals surface area contributed by atoms with E-state index in [-0.39, 0.29) is 10.8 Å². The highest BCUT2D eigenvalue weighted by molar-refractivity contribution is 7.92. The number of benzene rings is 3. The number of methoxy groups -OCH3 is 1. The molecule has 0 atom stereocenters. The van der Waals surface area contributed by atoms with Gasteiger partial charge in [0, 0.05) is 37.4 Å². The maximum absolute atomic E-state index is 13.0. The van der Waals surface area contributed by atoms with E-state index in [1.54, 1.807) is 50.4 Å². The molecule has 1 N–H and O–H groups in total. The Labute approximate surface area is 201 Å². The Balaban J connectivity index is 1.40. The van der Waals surface area contributed by atoms with E-state index in [4.69, 9.17) is 4.74 Å². The van der Waals surface area contributed by atoms with Gasteiger partial charge in [0.1, 0.15) is 5.75 Å². The summed E-state index contributed by atoms with van der Waals surface area (Å²) in [6.45, 7) is 6.23. The zero-order chi connectivity index (χ0) is 24.3. The lowest BCUT2D eigenvalue weighted by molar-refractivity contribution is 0.0746. The Hall–Kier alpha value is -3.52. The van der Waals surface area contributed by atoms with Crippen LogP contribution in [-0.4, -0.2) is 52.5 Å². The van der Waals surface area contributed by atoms with Crippen molar-refractivity contribution in [1.82, 2.24) is 4.90 Å². The third kappa shape index (κ3) is 5.02. The summed E-state index contributed by atoms with van der Waals surface area (Å²) in [5.74, 6) is 0.754. The van der Waals surface area contributed by atoms with Gasteiger partial charge < -0.3 is 14.5 Å². The lowest BCUT2D eigenvalue weighted by atomic mass is 10.1. The van der Waals surface area contributed by atoms with E-state index in [1.165, 1.54) is 0 Å². The number of amides is 1. The molecule has 0 aliphatic carbocycles. The minimum Gasteiger partial charge on any atom is -0.495 e. The zero-order valence-corrected chi connectivity index (χ0v) is 20.4. The Bertz CT molecular complexity index is 1280. The summed E-state index contributed by atoms with van der Waals surface area (Å²) in [5, 5.41) is 0. The fraction of sp³-hybridized carbons (Fsp3) is 0.269. The topological polar surface area (TPSA) is 79.0 Å². The van der Waals surface area contributed by atoms with Crippen molar-refractivity contribution in [3.05, 3.63) is 83.4 Å². The molecule has 0 unspecified atom stereocenters. The van der Waals surface area contributed by atoms with Crippen molar-refractivity contribution in [1.29, 1.82) is 0 Å². The minimum absolute atomic E-state index is 0.0661. The van der Waals surface area contributed by atoms with Gasteiger partial charge in [0.2, 0.25) is 0 Å². The van der Waals surface area contributed by atoms with Gasteiger partial charge in [-0.25, -0.2) is 8.42 Å². The molecule has 0 radical (unpaired) electrons. The molecule has 1 aliphatic heterocycles. The van der Waals surface area contributed by atoms with E-state index < -0.39 is 10.0 Å². The average Bonchev–Trinajstić information content (AvgIpc) is 2.85. The standard InChI is InChI=1S/C26H29N3O4S/c1-19-8-9-20(2)25(18-19)34(31,32)27-22-12-10-21(11-13-22)26(30)29-16-14-28(15-17-29)23-6-4-5-7-24(23)33-3/h4-13,18,27H,14-17H2,1-3H3. The van der Waals surface area contributed by atoms with Gasteiger partial charge in [-0.3, -0.25) is 9.52 Å². The quantitative estimate of drug-likeness (QED) is 0.577. The van der Waals surface area contributed by atoms with Crippen molar-refractivity contribution in [3.63, 3.8) is 0 Å². The Morgan fingerprint density at radius 2 is 1.59 bits per heavy atom. The Kier molecular flexibility index (Phi) is 6.79. The molecule has 0 bridgehead atoms.